The fraction of sp³-hybridized carbons (Fsp3) is 1.00. The topological polar surface area (TPSA) is 44.5 Å². The predicted molar refractivity (Wildman–Crippen MR) is 77.9 cm³/mol. The van der Waals surface area contributed by atoms with Gasteiger partial charge in [-0.3, -0.25) is 0 Å². The van der Waals surface area contributed by atoms with Crippen molar-refractivity contribution < 1.29 is 9.47 Å². The van der Waals surface area contributed by atoms with E-state index in [-0.39, 0.29) is 11.2 Å². The first kappa shape index (κ1) is 17.9. The standard InChI is InChI=1S/C15H33NO2/c1-6-14(7-2,17-5)11-13-18-15(8-3,9-4)10-12-16/h6-13,16H2,1-5H3. The fourth-order valence-electron chi connectivity index (χ4n) is 2.59. The van der Waals surface area contributed by atoms with E-state index >= 15 is 0 Å². The highest BCUT2D eigenvalue weighted by Crippen LogP contribution is 2.28. The maximum atomic E-state index is 6.17. The molecule has 0 unspecified atom stereocenters. The second-order valence-corrected chi connectivity index (χ2v) is 5.12. The first-order valence-electron chi connectivity index (χ1n) is 7.46. The van der Waals surface area contributed by atoms with Crippen molar-refractivity contribution in [3.05, 3.63) is 0 Å². The van der Waals surface area contributed by atoms with Crippen LogP contribution in [0.3, 0.4) is 0 Å². The van der Waals surface area contributed by atoms with E-state index in [1.54, 1.807) is 7.11 Å². The number of nitrogens with two attached hydrogens (primary N) is 1. The van der Waals surface area contributed by atoms with Gasteiger partial charge >= 0.3 is 0 Å². The predicted octanol–water partition coefficient (Wildman–Crippen LogP) is 3.51. The van der Waals surface area contributed by atoms with Gasteiger partial charge in [-0.2, -0.15) is 0 Å². The zero-order valence-electron chi connectivity index (χ0n) is 13.1. The minimum atomic E-state index is -0.0320. The summed E-state index contributed by atoms with van der Waals surface area (Å²) in [5.41, 5.74) is 5.65. The van der Waals surface area contributed by atoms with Crippen molar-refractivity contribution in [2.24, 2.45) is 5.73 Å². The van der Waals surface area contributed by atoms with Crippen LogP contribution in [0.2, 0.25) is 0 Å². The van der Waals surface area contributed by atoms with Crippen LogP contribution in [0.15, 0.2) is 0 Å². The Balaban J connectivity index is 4.36. The first-order valence-corrected chi connectivity index (χ1v) is 7.46. The van der Waals surface area contributed by atoms with Crippen LogP contribution in [-0.2, 0) is 9.47 Å². The monoisotopic (exact) mass is 259 g/mol. The lowest BCUT2D eigenvalue weighted by atomic mass is 9.91. The lowest BCUT2D eigenvalue weighted by Gasteiger charge is -2.35. The second-order valence-electron chi connectivity index (χ2n) is 5.12. The zero-order valence-corrected chi connectivity index (χ0v) is 13.1. The van der Waals surface area contributed by atoms with Gasteiger partial charge < -0.3 is 15.2 Å². The van der Waals surface area contributed by atoms with Gasteiger partial charge in [0.05, 0.1) is 17.8 Å². The maximum Gasteiger partial charge on any atom is 0.0695 e. The number of methoxy groups -OCH3 is 1. The summed E-state index contributed by atoms with van der Waals surface area (Å²) in [4.78, 5) is 0. The molecule has 0 aromatic rings. The van der Waals surface area contributed by atoms with Gasteiger partial charge in [0.25, 0.3) is 0 Å². The summed E-state index contributed by atoms with van der Waals surface area (Å²) in [7, 11) is 1.81. The summed E-state index contributed by atoms with van der Waals surface area (Å²) < 4.78 is 11.8. The second kappa shape index (κ2) is 8.89. The van der Waals surface area contributed by atoms with Gasteiger partial charge in [-0.25, -0.2) is 0 Å². The summed E-state index contributed by atoms with van der Waals surface area (Å²) in [6.45, 7) is 10.2. The minimum absolute atomic E-state index is 0.0179. The molecule has 0 radical (unpaired) electrons. The number of hydrogen-bond acceptors (Lipinski definition) is 3. The third-order valence-corrected chi connectivity index (χ3v) is 4.58. The number of rotatable bonds is 11. The molecule has 3 nitrogen and oxygen atoms in total. The summed E-state index contributed by atoms with van der Waals surface area (Å²) in [5.74, 6) is 0. The number of ether oxygens (including phenoxy) is 2. The normalized spacial score (nSPS) is 13.0. The Morgan fingerprint density at radius 3 is 1.67 bits per heavy atom. The van der Waals surface area contributed by atoms with Crippen LogP contribution in [0.4, 0.5) is 0 Å². The Hall–Kier alpha value is -0.120. The van der Waals surface area contributed by atoms with E-state index in [1.807, 2.05) is 0 Å². The Labute approximate surface area is 113 Å². The van der Waals surface area contributed by atoms with Crippen molar-refractivity contribution in [1.29, 1.82) is 0 Å². The molecule has 0 aromatic carbocycles. The lowest BCUT2D eigenvalue weighted by molar-refractivity contribution is -0.0933. The third kappa shape index (κ3) is 4.87. The molecule has 0 saturated carbocycles. The van der Waals surface area contributed by atoms with E-state index < -0.39 is 0 Å². The number of hydrogen-bond donors (Lipinski definition) is 1. The van der Waals surface area contributed by atoms with Gasteiger partial charge in [0, 0.05) is 7.11 Å². The largest absolute Gasteiger partial charge is 0.378 e. The lowest BCUT2D eigenvalue weighted by Crippen LogP contribution is -2.37. The molecule has 0 rings (SSSR count). The Bertz CT molecular complexity index is 190. The summed E-state index contributed by atoms with van der Waals surface area (Å²) >= 11 is 0. The average molecular weight is 259 g/mol. The molecule has 0 heterocycles. The molecular formula is C15H33NO2. The fourth-order valence-corrected chi connectivity index (χ4v) is 2.59. The molecule has 0 spiro atoms. The molecule has 0 aliphatic rings. The van der Waals surface area contributed by atoms with Crippen LogP contribution in [-0.4, -0.2) is 31.5 Å². The van der Waals surface area contributed by atoms with Gasteiger partial charge in [0.15, 0.2) is 0 Å². The first-order chi connectivity index (χ1) is 8.57. The highest BCUT2D eigenvalue weighted by molar-refractivity contribution is 4.81. The summed E-state index contributed by atoms with van der Waals surface area (Å²) in [6.07, 6.45) is 6.02. The van der Waals surface area contributed by atoms with Crippen LogP contribution >= 0.6 is 0 Å². The highest BCUT2D eigenvalue weighted by Gasteiger charge is 2.29. The minimum Gasteiger partial charge on any atom is -0.378 e. The smallest absolute Gasteiger partial charge is 0.0695 e. The van der Waals surface area contributed by atoms with E-state index in [9.17, 15) is 0 Å². The van der Waals surface area contributed by atoms with Crippen LogP contribution in [0.25, 0.3) is 0 Å². The van der Waals surface area contributed by atoms with Crippen LogP contribution < -0.4 is 5.73 Å². The van der Waals surface area contributed by atoms with Crippen LogP contribution in [0, 0.1) is 0 Å². The van der Waals surface area contributed by atoms with Gasteiger partial charge in [-0.15, -0.1) is 0 Å². The Kier molecular flexibility index (Phi) is 8.83. The van der Waals surface area contributed by atoms with Crippen molar-refractivity contribution in [3.63, 3.8) is 0 Å². The molecule has 3 heteroatoms. The molecule has 18 heavy (non-hydrogen) atoms. The maximum absolute atomic E-state index is 6.17. The third-order valence-electron chi connectivity index (χ3n) is 4.58. The molecule has 2 N–H and O–H groups in total. The van der Waals surface area contributed by atoms with Gasteiger partial charge in [0.2, 0.25) is 0 Å². The molecule has 110 valence electrons. The van der Waals surface area contributed by atoms with E-state index in [4.69, 9.17) is 15.2 Å². The average Bonchev–Trinajstić information content (AvgIpc) is 2.43. The zero-order chi connectivity index (χ0) is 14.1. The van der Waals surface area contributed by atoms with Gasteiger partial charge in [0.1, 0.15) is 0 Å². The van der Waals surface area contributed by atoms with Crippen molar-refractivity contribution >= 4 is 0 Å². The van der Waals surface area contributed by atoms with Gasteiger partial charge in [-0.1, -0.05) is 27.7 Å². The van der Waals surface area contributed by atoms with Crippen LogP contribution in [0.5, 0.6) is 0 Å². The quantitative estimate of drug-likeness (QED) is 0.617. The van der Waals surface area contributed by atoms with Crippen molar-refractivity contribution in [3.8, 4) is 0 Å². The molecule has 0 aliphatic carbocycles. The van der Waals surface area contributed by atoms with Gasteiger partial charge in [-0.05, 0) is 45.1 Å². The molecule has 0 aromatic heterocycles. The Morgan fingerprint density at radius 1 is 0.833 bits per heavy atom. The molecule has 0 atom stereocenters. The van der Waals surface area contributed by atoms with E-state index in [2.05, 4.69) is 27.7 Å². The molecule has 0 fully saturated rings. The summed E-state index contributed by atoms with van der Waals surface area (Å²) in [6, 6.07) is 0. The molecule has 0 amide bonds. The van der Waals surface area contributed by atoms with Crippen LogP contribution in [0.1, 0.15) is 66.2 Å². The highest BCUT2D eigenvalue weighted by atomic mass is 16.5. The van der Waals surface area contributed by atoms with E-state index in [0.29, 0.717) is 6.54 Å². The summed E-state index contributed by atoms with van der Waals surface area (Å²) in [5, 5.41) is 0. The van der Waals surface area contributed by atoms with Crippen molar-refractivity contribution in [2.45, 2.75) is 77.4 Å². The molecular weight excluding hydrogens is 226 g/mol. The van der Waals surface area contributed by atoms with E-state index in [1.165, 1.54) is 0 Å². The Morgan fingerprint density at radius 2 is 1.33 bits per heavy atom. The molecule has 0 saturated heterocycles. The molecule has 0 bridgehead atoms. The SMILES string of the molecule is CCC(CC)(CCOC(CC)(CC)CCN)OC. The van der Waals surface area contributed by atoms with Crippen molar-refractivity contribution in [2.75, 3.05) is 20.3 Å². The molecule has 0 aliphatic heterocycles. The van der Waals surface area contributed by atoms with Crippen molar-refractivity contribution in [1.82, 2.24) is 0 Å². The van der Waals surface area contributed by atoms with E-state index in [0.717, 1.165) is 45.1 Å².